The largest absolute Gasteiger partial charge is 0.378 e. The maximum absolute atomic E-state index is 14.4. The Balaban J connectivity index is 1.46. The number of imidazole rings is 1. The molecule has 3 aliphatic rings. The predicted molar refractivity (Wildman–Crippen MR) is 159 cm³/mol. The van der Waals surface area contributed by atoms with Crippen LogP contribution in [0.2, 0.25) is 0 Å². The summed E-state index contributed by atoms with van der Waals surface area (Å²) in [4.78, 5) is 23.6. The number of anilines is 5. The van der Waals surface area contributed by atoms with Gasteiger partial charge in [-0.15, -0.1) is 0 Å². The Morgan fingerprint density at radius 1 is 1.14 bits per heavy atom. The molecule has 0 radical (unpaired) electrons. The number of pyridine rings is 1. The van der Waals surface area contributed by atoms with Crippen LogP contribution in [0.25, 0.3) is 11.2 Å². The molecule has 2 saturated heterocycles. The van der Waals surface area contributed by atoms with Crippen LogP contribution in [0.15, 0.2) is 24.3 Å². The van der Waals surface area contributed by atoms with Crippen molar-refractivity contribution < 1.29 is 31.5 Å². The van der Waals surface area contributed by atoms with E-state index in [0.717, 1.165) is 41.9 Å². The molecular weight excluding hydrogens is 584 g/mol. The van der Waals surface area contributed by atoms with Gasteiger partial charge in [-0.05, 0) is 50.3 Å². The van der Waals surface area contributed by atoms with E-state index in [1.165, 1.54) is 17.7 Å². The molecule has 1 amide bonds. The number of halogens is 2. The van der Waals surface area contributed by atoms with Crippen LogP contribution in [0.3, 0.4) is 0 Å². The molecule has 3 aromatic rings. The molecule has 1 saturated carbocycles. The summed E-state index contributed by atoms with van der Waals surface area (Å²) in [5.74, 6) is -0.626. The van der Waals surface area contributed by atoms with Gasteiger partial charge in [0.15, 0.2) is 11.5 Å². The molecule has 43 heavy (non-hydrogen) atoms. The molecule has 1 atom stereocenters. The third-order valence-electron chi connectivity index (χ3n) is 8.15. The summed E-state index contributed by atoms with van der Waals surface area (Å²) in [5, 5.41) is 6.05. The summed E-state index contributed by atoms with van der Waals surface area (Å²) in [6.45, 7) is 1.75. The van der Waals surface area contributed by atoms with Crippen molar-refractivity contribution in [2.24, 2.45) is 5.92 Å². The fraction of sp³-hybridized carbons (Fsp3) is 0.536. The van der Waals surface area contributed by atoms with Gasteiger partial charge in [0.1, 0.15) is 17.6 Å². The Labute approximate surface area is 248 Å². The number of ether oxygens (including phenoxy) is 2. The lowest BCUT2D eigenvalue weighted by molar-refractivity contribution is -0.117. The highest BCUT2D eigenvalue weighted by Gasteiger charge is 2.33. The summed E-state index contributed by atoms with van der Waals surface area (Å²) in [6, 6.07) is 6.87. The van der Waals surface area contributed by atoms with Crippen molar-refractivity contribution in [3.63, 3.8) is 0 Å². The van der Waals surface area contributed by atoms with E-state index in [4.69, 9.17) is 9.47 Å². The Morgan fingerprint density at radius 2 is 1.91 bits per heavy atom. The van der Waals surface area contributed by atoms with Gasteiger partial charge < -0.3 is 25.0 Å². The fourth-order valence-electron chi connectivity index (χ4n) is 5.38. The van der Waals surface area contributed by atoms with E-state index in [1.807, 2.05) is 6.07 Å². The van der Waals surface area contributed by atoms with Crippen molar-refractivity contribution in [3.05, 3.63) is 30.1 Å². The topological polar surface area (TPSA) is 131 Å². The Bertz CT molecular complexity index is 1630. The predicted octanol–water partition coefficient (Wildman–Crippen LogP) is 4.39. The molecule has 2 aliphatic heterocycles. The minimum Gasteiger partial charge on any atom is -0.378 e. The maximum Gasteiger partial charge on any atom is 0.295 e. The summed E-state index contributed by atoms with van der Waals surface area (Å²) in [6.07, 6.45) is 1.29. The van der Waals surface area contributed by atoms with Gasteiger partial charge in [-0.3, -0.25) is 13.7 Å². The van der Waals surface area contributed by atoms with E-state index in [2.05, 4.69) is 25.5 Å². The van der Waals surface area contributed by atoms with E-state index in [-0.39, 0.29) is 40.6 Å². The zero-order valence-corrected chi connectivity index (χ0v) is 25.0. The lowest BCUT2D eigenvalue weighted by Crippen LogP contribution is -2.51. The van der Waals surface area contributed by atoms with Crippen LogP contribution in [0.1, 0.15) is 50.6 Å². The van der Waals surface area contributed by atoms with Crippen molar-refractivity contribution >= 4 is 55.7 Å². The summed E-state index contributed by atoms with van der Waals surface area (Å²) < 4.78 is 67.8. The van der Waals surface area contributed by atoms with Crippen LogP contribution in [0.5, 0.6) is 0 Å². The van der Waals surface area contributed by atoms with Gasteiger partial charge in [-0.1, -0.05) is 0 Å². The molecule has 1 unspecified atom stereocenters. The van der Waals surface area contributed by atoms with Gasteiger partial charge in [0, 0.05) is 51.5 Å². The van der Waals surface area contributed by atoms with Crippen LogP contribution in [-0.2, 0) is 24.3 Å². The van der Waals surface area contributed by atoms with Crippen molar-refractivity contribution in [2.75, 3.05) is 59.9 Å². The van der Waals surface area contributed by atoms with Crippen LogP contribution in [0, 0.1) is 5.92 Å². The molecule has 1 aromatic carbocycles. The first kappa shape index (κ1) is 29.5. The summed E-state index contributed by atoms with van der Waals surface area (Å²) >= 11 is 0. The maximum atomic E-state index is 14.4. The lowest BCUT2D eigenvalue weighted by atomic mass is 10.1. The average molecular weight is 620 g/mol. The van der Waals surface area contributed by atoms with Crippen LogP contribution in [0.4, 0.5) is 37.3 Å². The highest BCUT2D eigenvalue weighted by Crippen LogP contribution is 2.40. The Kier molecular flexibility index (Phi) is 7.89. The average Bonchev–Trinajstić information content (AvgIpc) is 3.73. The van der Waals surface area contributed by atoms with Crippen LogP contribution < -0.4 is 19.8 Å². The molecule has 2 N–H and O–H groups in total. The second-order valence-electron chi connectivity index (χ2n) is 11.3. The quantitative estimate of drug-likeness (QED) is 0.339. The Hall–Kier alpha value is -3.56. The number of nitrogens with one attached hydrogen (secondary N) is 2. The zero-order chi connectivity index (χ0) is 30.5. The highest BCUT2D eigenvalue weighted by atomic mass is 32.2. The third-order valence-corrected chi connectivity index (χ3v) is 9.34. The number of aromatic nitrogens is 3. The monoisotopic (exact) mass is 619 g/mol. The van der Waals surface area contributed by atoms with Gasteiger partial charge in [-0.25, -0.2) is 27.2 Å². The molecular formula is C28H35F2N7O5S. The molecule has 6 rings (SSSR count). The number of fused-ring (bicyclic) bond motifs is 1. The Morgan fingerprint density at radius 3 is 2.53 bits per heavy atom. The smallest absolute Gasteiger partial charge is 0.295 e. The van der Waals surface area contributed by atoms with E-state index >= 15 is 0 Å². The first-order valence-corrected chi connectivity index (χ1v) is 16.1. The first-order valence-electron chi connectivity index (χ1n) is 14.3. The molecule has 0 bridgehead atoms. The fourth-order valence-corrected chi connectivity index (χ4v) is 5.89. The number of methoxy groups -OCH3 is 1. The molecule has 0 spiro atoms. The number of hydrogen-bond donors (Lipinski definition) is 2. The normalized spacial score (nSPS) is 19.5. The standard InChI is InChI=1S/C28H35F2N7O5S/c1-35(43(3,39)40)21-12-17(36-14-18(15-36)41-2)9-10-19(21)31-20-13-22(33-28(38)16-7-8-16)32-26-24(20)34-27(25(29)30)37(26)23-6-4-5-11-42-23/h9-10,12-13,16,18,23,25H,4-8,11,14-15H2,1-3H3,(H2,31,32,33,38). The molecule has 2 aromatic heterocycles. The van der Waals surface area contributed by atoms with Gasteiger partial charge in [-0.2, -0.15) is 0 Å². The summed E-state index contributed by atoms with van der Waals surface area (Å²) in [5.41, 5.74) is 2.12. The number of benzene rings is 1. The minimum absolute atomic E-state index is 0.0931. The molecule has 12 nitrogen and oxygen atoms in total. The highest BCUT2D eigenvalue weighted by molar-refractivity contribution is 7.92. The molecule has 1 aliphatic carbocycles. The van der Waals surface area contributed by atoms with E-state index in [1.54, 1.807) is 19.2 Å². The number of sulfonamides is 1. The van der Waals surface area contributed by atoms with Crippen LogP contribution >= 0.6 is 0 Å². The zero-order valence-electron chi connectivity index (χ0n) is 24.2. The molecule has 15 heteroatoms. The van der Waals surface area contributed by atoms with Crippen LogP contribution in [-0.4, -0.2) is 75.1 Å². The van der Waals surface area contributed by atoms with Crippen molar-refractivity contribution in [1.82, 2.24) is 14.5 Å². The summed E-state index contributed by atoms with van der Waals surface area (Å²) in [7, 11) is -0.575. The van der Waals surface area contributed by atoms with Crippen molar-refractivity contribution in [1.29, 1.82) is 0 Å². The first-order chi connectivity index (χ1) is 20.5. The van der Waals surface area contributed by atoms with Gasteiger partial charge in [0.2, 0.25) is 15.9 Å². The number of amides is 1. The number of hydrogen-bond acceptors (Lipinski definition) is 9. The van der Waals surface area contributed by atoms with Gasteiger partial charge in [0.25, 0.3) is 6.43 Å². The molecule has 4 heterocycles. The number of carbonyl (C=O) groups excluding carboxylic acids is 1. The molecule has 232 valence electrons. The minimum atomic E-state index is -3.67. The van der Waals surface area contributed by atoms with E-state index < -0.39 is 28.5 Å². The van der Waals surface area contributed by atoms with Crippen molar-refractivity contribution in [2.45, 2.75) is 50.9 Å². The third kappa shape index (κ3) is 5.97. The number of nitrogens with zero attached hydrogens (tertiary/aromatic N) is 5. The van der Waals surface area contributed by atoms with Crippen molar-refractivity contribution in [3.8, 4) is 0 Å². The molecule has 3 fully saturated rings. The van der Waals surface area contributed by atoms with Gasteiger partial charge in [0.05, 0.1) is 29.4 Å². The lowest BCUT2D eigenvalue weighted by Gasteiger charge is -2.40. The number of carbonyl (C=O) groups is 1. The number of alkyl halides is 2. The van der Waals surface area contributed by atoms with E-state index in [0.29, 0.717) is 37.5 Å². The van der Waals surface area contributed by atoms with E-state index in [9.17, 15) is 22.0 Å². The SMILES string of the molecule is COC1CN(c2ccc(Nc3cc(NC(=O)C4CC4)nc4c3nc(C(F)F)n4C3CCCCO3)c(N(C)S(C)(=O)=O)c2)C1. The second-order valence-corrected chi connectivity index (χ2v) is 13.3. The second kappa shape index (κ2) is 11.5. The number of rotatable bonds is 10. The van der Waals surface area contributed by atoms with Gasteiger partial charge >= 0.3 is 0 Å².